The third-order valence-corrected chi connectivity index (χ3v) is 6.78. The van der Waals surface area contributed by atoms with E-state index in [4.69, 9.17) is 14.5 Å². The van der Waals surface area contributed by atoms with Crippen molar-refractivity contribution in [2.75, 3.05) is 38.2 Å². The highest BCUT2D eigenvalue weighted by atomic mass is 32.1. The van der Waals surface area contributed by atoms with E-state index in [0.29, 0.717) is 36.3 Å². The molecule has 0 saturated carbocycles. The van der Waals surface area contributed by atoms with Gasteiger partial charge >= 0.3 is 6.03 Å². The minimum absolute atomic E-state index is 0.177. The van der Waals surface area contributed by atoms with Crippen molar-refractivity contribution >= 4 is 39.2 Å². The van der Waals surface area contributed by atoms with E-state index in [1.54, 1.807) is 29.5 Å². The van der Waals surface area contributed by atoms with Crippen LogP contribution in [0.4, 0.5) is 10.5 Å². The number of nitrogens with one attached hydrogen (secondary N) is 2. The summed E-state index contributed by atoms with van der Waals surface area (Å²) in [7, 11) is 0. The summed E-state index contributed by atoms with van der Waals surface area (Å²) in [6.45, 7) is 2.74. The van der Waals surface area contributed by atoms with Crippen molar-refractivity contribution in [3.05, 3.63) is 47.5 Å². The summed E-state index contributed by atoms with van der Waals surface area (Å²) in [6, 6.07) is 12.7. The number of carbonyl (C=O) groups excluding carboxylic acids is 2. The molecule has 0 aliphatic carbocycles. The first-order valence-corrected chi connectivity index (χ1v) is 11.5. The highest BCUT2D eigenvalue weighted by molar-refractivity contribution is 7.18. The summed E-state index contributed by atoms with van der Waals surface area (Å²) in [5.41, 5.74) is 1.56. The van der Waals surface area contributed by atoms with Crippen LogP contribution in [0.3, 0.4) is 0 Å². The molecule has 5 rings (SSSR count). The number of ether oxygens (including phenoxy) is 2. The molecule has 8 nitrogen and oxygen atoms in total. The van der Waals surface area contributed by atoms with Crippen LogP contribution in [0.25, 0.3) is 10.2 Å². The molecule has 3 amide bonds. The third-order valence-electron chi connectivity index (χ3n) is 5.59. The van der Waals surface area contributed by atoms with Crippen LogP contribution in [0.5, 0.6) is 11.5 Å². The SMILES string of the molecule is O=C(CN1CCC[C@@H](c2nc3ccccc3s2)C1)NC(=O)Nc1ccc2c(c1)OCCO2. The average Bonchev–Trinajstić information content (AvgIpc) is 3.23. The van der Waals surface area contributed by atoms with Crippen LogP contribution < -0.4 is 20.1 Å². The number of fused-ring (bicyclic) bond motifs is 2. The number of carbonyl (C=O) groups is 2. The molecule has 1 atom stereocenters. The maximum absolute atomic E-state index is 12.5. The second-order valence-electron chi connectivity index (χ2n) is 7.95. The van der Waals surface area contributed by atoms with Crippen LogP contribution >= 0.6 is 11.3 Å². The molecular weight excluding hydrogens is 428 g/mol. The Morgan fingerprint density at radius 3 is 2.84 bits per heavy atom. The Morgan fingerprint density at radius 1 is 1.12 bits per heavy atom. The smallest absolute Gasteiger partial charge is 0.325 e. The fourth-order valence-electron chi connectivity index (χ4n) is 4.12. The maximum Gasteiger partial charge on any atom is 0.325 e. The Labute approximate surface area is 189 Å². The minimum atomic E-state index is -0.564. The lowest BCUT2D eigenvalue weighted by Crippen LogP contribution is -2.44. The van der Waals surface area contributed by atoms with E-state index in [-0.39, 0.29) is 12.5 Å². The number of para-hydroxylation sites is 1. The van der Waals surface area contributed by atoms with Crippen molar-refractivity contribution in [3.63, 3.8) is 0 Å². The molecule has 0 bridgehead atoms. The van der Waals surface area contributed by atoms with Gasteiger partial charge in [-0.15, -0.1) is 11.3 Å². The fourth-order valence-corrected chi connectivity index (χ4v) is 5.21. The zero-order valence-corrected chi connectivity index (χ0v) is 18.3. The Kier molecular flexibility index (Phi) is 5.91. The molecule has 0 unspecified atom stereocenters. The Balaban J connectivity index is 1.14. The number of likely N-dealkylation sites (tertiary alicyclic amines) is 1. The van der Waals surface area contributed by atoms with Gasteiger partial charge in [0.2, 0.25) is 5.91 Å². The molecule has 1 aromatic heterocycles. The van der Waals surface area contributed by atoms with Crippen molar-refractivity contribution in [2.45, 2.75) is 18.8 Å². The summed E-state index contributed by atoms with van der Waals surface area (Å²) < 4.78 is 12.2. The van der Waals surface area contributed by atoms with Gasteiger partial charge in [0.25, 0.3) is 0 Å². The summed E-state index contributed by atoms with van der Waals surface area (Å²) in [5, 5.41) is 6.21. The lowest BCUT2D eigenvalue weighted by Gasteiger charge is -2.31. The van der Waals surface area contributed by atoms with Gasteiger partial charge in [-0.2, -0.15) is 0 Å². The Morgan fingerprint density at radius 2 is 1.97 bits per heavy atom. The third kappa shape index (κ3) is 4.68. The van der Waals surface area contributed by atoms with E-state index in [1.165, 1.54) is 4.70 Å². The summed E-state index contributed by atoms with van der Waals surface area (Å²) in [5.74, 6) is 1.20. The van der Waals surface area contributed by atoms with Crippen LogP contribution in [0.2, 0.25) is 0 Å². The van der Waals surface area contributed by atoms with E-state index in [0.717, 1.165) is 36.5 Å². The Hall–Kier alpha value is -3.17. The molecule has 0 spiro atoms. The van der Waals surface area contributed by atoms with Gasteiger partial charge in [0.15, 0.2) is 11.5 Å². The monoisotopic (exact) mass is 452 g/mol. The quantitative estimate of drug-likeness (QED) is 0.628. The van der Waals surface area contributed by atoms with E-state index >= 15 is 0 Å². The predicted octanol–water partition coefficient (Wildman–Crippen LogP) is 3.60. The largest absolute Gasteiger partial charge is 0.486 e. The van der Waals surface area contributed by atoms with Crippen LogP contribution in [-0.2, 0) is 4.79 Å². The van der Waals surface area contributed by atoms with Gasteiger partial charge in [-0.05, 0) is 43.7 Å². The van der Waals surface area contributed by atoms with E-state index < -0.39 is 6.03 Å². The zero-order valence-electron chi connectivity index (χ0n) is 17.5. The van der Waals surface area contributed by atoms with Gasteiger partial charge in [-0.3, -0.25) is 15.0 Å². The minimum Gasteiger partial charge on any atom is -0.486 e. The highest BCUT2D eigenvalue weighted by Gasteiger charge is 2.25. The summed E-state index contributed by atoms with van der Waals surface area (Å²) in [6.07, 6.45) is 2.06. The number of nitrogens with zero attached hydrogens (tertiary/aromatic N) is 2. The molecule has 3 heterocycles. The molecule has 2 aromatic carbocycles. The average molecular weight is 453 g/mol. The molecule has 2 N–H and O–H groups in total. The number of benzene rings is 2. The van der Waals surface area contributed by atoms with E-state index in [2.05, 4.69) is 21.6 Å². The van der Waals surface area contributed by atoms with Gasteiger partial charge in [0, 0.05) is 24.2 Å². The number of hydrogen-bond acceptors (Lipinski definition) is 7. The molecule has 166 valence electrons. The van der Waals surface area contributed by atoms with Gasteiger partial charge in [-0.25, -0.2) is 9.78 Å². The zero-order chi connectivity index (χ0) is 21.9. The van der Waals surface area contributed by atoms with E-state index in [9.17, 15) is 9.59 Å². The van der Waals surface area contributed by atoms with E-state index in [1.807, 2.05) is 18.2 Å². The molecule has 2 aliphatic rings. The first kappa shape index (κ1) is 20.7. The first-order valence-electron chi connectivity index (χ1n) is 10.7. The standard InChI is InChI=1S/C23H24N4O4S/c28-21(26-23(29)24-16-7-8-18-19(12-16)31-11-10-30-18)14-27-9-3-4-15(13-27)22-25-17-5-1-2-6-20(17)32-22/h1-2,5-8,12,15H,3-4,9-11,13-14H2,(H2,24,26,28,29)/t15-/m1/s1. The Bertz CT molecular complexity index is 1110. The summed E-state index contributed by atoms with van der Waals surface area (Å²) >= 11 is 1.72. The predicted molar refractivity (Wildman–Crippen MR) is 123 cm³/mol. The number of rotatable bonds is 4. The number of imide groups is 1. The van der Waals surface area contributed by atoms with Crippen LogP contribution in [0.1, 0.15) is 23.8 Å². The second kappa shape index (κ2) is 9.13. The highest BCUT2D eigenvalue weighted by Crippen LogP contribution is 2.33. The van der Waals surface area contributed by atoms with Crippen LogP contribution in [0, 0.1) is 0 Å². The lowest BCUT2D eigenvalue weighted by atomic mass is 9.99. The molecule has 1 fully saturated rings. The van der Waals surface area contributed by atoms with Gasteiger partial charge in [0.05, 0.1) is 21.8 Å². The molecule has 0 radical (unpaired) electrons. The number of anilines is 1. The van der Waals surface area contributed by atoms with Crippen LogP contribution in [-0.4, -0.2) is 54.7 Å². The molecular formula is C23H24N4O4S. The number of piperidine rings is 1. The van der Waals surface area contributed by atoms with Crippen molar-refractivity contribution in [2.24, 2.45) is 0 Å². The molecule has 3 aromatic rings. The molecule has 1 saturated heterocycles. The number of amides is 3. The van der Waals surface area contributed by atoms with Crippen molar-refractivity contribution in [1.29, 1.82) is 0 Å². The number of hydrogen-bond donors (Lipinski definition) is 2. The van der Waals surface area contributed by atoms with Gasteiger partial charge < -0.3 is 14.8 Å². The molecule has 2 aliphatic heterocycles. The lowest BCUT2D eigenvalue weighted by molar-refractivity contribution is -0.121. The molecule has 9 heteroatoms. The second-order valence-corrected chi connectivity index (χ2v) is 9.02. The summed E-state index contributed by atoms with van der Waals surface area (Å²) in [4.78, 5) is 31.6. The van der Waals surface area contributed by atoms with Gasteiger partial charge in [0.1, 0.15) is 13.2 Å². The van der Waals surface area contributed by atoms with Crippen molar-refractivity contribution < 1.29 is 19.1 Å². The normalized spacial score (nSPS) is 18.3. The van der Waals surface area contributed by atoms with Crippen molar-refractivity contribution in [1.82, 2.24) is 15.2 Å². The number of aromatic nitrogens is 1. The maximum atomic E-state index is 12.5. The molecule has 32 heavy (non-hydrogen) atoms. The topological polar surface area (TPSA) is 92.8 Å². The first-order chi connectivity index (χ1) is 15.6. The number of thiazole rings is 1. The number of urea groups is 1. The van der Waals surface area contributed by atoms with Crippen LogP contribution in [0.15, 0.2) is 42.5 Å². The van der Waals surface area contributed by atoms with Gasteiger partial charge in [-0.1, -0.05) is 12.1 Å². The van der Waals surface area contributed by atoms with Crippen molar-refractivity contribution in [3.8, 4) is 11.5 Å². The fraction of sp³-hybridized carbons (Fsp3) is 0.348.